The summed E-state index contributed by atoms with van der Waals surface area (Å²) in [4.78, 5) is 21.2. The fourth-order valence-electron chi connectivity index (χ4n) is 3.02. The second kappa shape index (κ2) is 7.79. The normalized spacial score (nSPS) is 15.4. The Morgan fingerprint density at radius 1 is 1.27 bits per heavy atom. The Balaban J connectivity index is 1.62. The quantitative estimate of drug-likeness (QED) is 0.723. The average molecular weight is 393 g/mol. The molecule has 0 spiro atoms. The number of anilines is 1. The first kappa shape index (κ1) is 17.5. The monoisotopic (exact) mass is 392 g/mol. The number of carbonyl (C=O) groups is 1. The molecule has 26 heavy (non-hydrogen) atoms. The van der Waals surface area contributed by atoms with Gasteiger partial charge in [0.05, 0.1) is 35.9 Å². The topological polar surface area (TPSA) is 46.9 Å². The summed E-state index contributed by atoms with van der Waals surface area (Å²) in [6.07, 6.45) is 0. The summed E-state index contributed by atoms with van der Waals surface area (Å²) in [5.41, 5.74) is 0.329. The minimum Gasteiger partial charge on any atom is -0.370 e. The molecule has 1 aliphatic heterocycles. The average Bonchev–Trinajstić information content (AvgIpc) is 3.33. The maximum Gasteiger partial charge on any atom is 0.270 e. The van der Waals surface area contributed by atoms with E-state index in [-0.39, 0.29) is 11.7 Å². The first-order chi connectivity index (χ1) is 12.7. The van der Waals surface area contributed by atoms with Crippen LogP contribution in [0.1, 0.15) is 9.67 Å². The Kier molecular flexibility index (Phi) is 5.26. The largest absolute Gasteiger partial charge is 0.370 e. The number of hydrogen-bond donors (Lipinski definition) is 1. The summed E-state index contributed by atoms with van der Waals surface area (Å²) < 4.78 is 20.2. The second-order valence-corrected chi connectivity index (χ2v) is 8.09. The van der Waals surface area contributed by atoms with Gasteiger partial charge in [-0.05, 0) is 23.6 Å². The van der Waals surface area contributed by atoms with Crippen molar-refractivity contribution < 1.29 is 18.8 Å². The molecule has 3 heterocycles. The molecule has 1 N–H and O–H groups in total. The molecular formula is C18H19FN3O2S2+. The number of nitrogens with zero attached hydrogens (tertiary/aromatic N) is 2. The number of quaternary nitrogens is 1. The lowest BCUT2D eigenvalue weighted by molar-refractivity contribution is -0.906. The van der Waals surface area contributed by atoms with Gasteiger partial charge in [0.1, 0.15) is 24.4 Å². The highest BCUT2D eigenvalue weighted by Crippen LogP contribution is 2.31. The van der Waals surface area contributed by atoms with Crippen LogP contribution in [-0.2, 0) is 4.74 Å². The van der Waals surface area contributed by atoms with E-state index in [1.54, 1.807) is 11.0 Å². The maximum atomic E-state index is 14.0. The molecule has 136 valence electrons. The molecule has 2 aromatic heterocycles. The number of amides is 1. The van der Waals surface area contributed by atoms with E-state index in [4.69, 9.17) is 4.74 Å². The van der Waals surface area contributed by atoms with Crippen LogP contribution in [0, 0.1) is 5.82 Å². The van der Waals surface area contributed by atoms with E-state index in [9.17, 15) is 9.18 Å². The molecule has 0 aliphatic carbocycles. The number of morpholine rings is 1. The van der Waals surface area contributed by atoms with E-state index >= 15 is 0 Å². The van der Waals surface area contributed by atoms with Gasteiger partial charge in [0.2, 0.25) is 0 Å². The van der Waals surface area contributed by atoms with Crippen molar-refractivity contribution in [1.82, 2.24) is 4.98 Å². The highest BCUT2D eigenvalue weighted by Gasteiger charge is 2.25. The molecule has 0 atom stereocenters. The molecule has 4 rings (SSSR count). The Bertz CT molecular complexity index is 891. The first-order valence-electron chi connectivity index (χ1n) is 8.54. The van der Waals surface area contributed by atoms with Gasteiger partial charge in [-0.3, -0.25) is 9.69 Å². The number of hydrogen-bond acceptors (Lipinski definition) is 5. The van der Waals surface area contributed by atoms with E-state index in [2.05, 4.69) is 4.98 Å². The van der Waals surface area contributed by atoms with Crippen molar-refractivity contribution in [3.8, 4) is 0 Å². The smallest absolute Gasteiger partial charge is 0.270 e. The van der Waals surface area contributed by atoms with Crippen LogP contribution in [0.4, 0.5) is 9.52 Å². The molecule has 0 saturated carbocycles. The predicted octanol–water partition coefficient (Wildman–Crippen LogP) is 2.06. The standard InChI is InChI=1S/C18H18FN3O2S2/c19-13-3-1-4-14-16(13)20-18(26-14)22(17(23)15-5-2-12-25-15)7-6-21-8-10-24-11-9-21/h1-5,12H,6-11H2/p+1. The fraction of sp³-hybridized carbons (Fsp3) is 0.333. The number of ether oxygens (including phenoxy) is 1. The molecule has 3 aromatic rings. The van der Waals surface area contributed by atoms with Crippen LogP contribution in [0.5, 0.6) is 0 Å². The lowest BCUT2D eigenvalue weighted by Gasteiger charge is -2.26. The van der Waals surface area contributed by atoms with Crippen molar-refractivity contribution in [3.05, 3.63) is 46.4 Å². The van der Waals surface area contributed by atoms with Gasteiger partial charge in [0.25, 0.3) is 5.91 Å². The van der Waals surface area contributed by atoms with Crippen molar-refractivity contribution in [2.45, 2.75) is 0 Å². The van der Waals surface area contributed by atoms with Gasteiger partial charge in [-0.25, -0.2) is 9.37 Å². The molecular weight excluding hydrogens is 373 g/mol. The van der Waals surface area contributed by atoms with E-state index < -0.39 is 0 Å². The fourth-order valence-corrected chi connectivity index (χ4v) is 4.69. The van der Waals surface area contributed by atoms with Gasteiger partial charge >= 0.3 is 0 Å². The number of para-hydroxylation sites is 1. The minimum absolute atomic E-state index is 0.0767. The van der Waals surface area contributed by atoms with Crippen LogP contribution >= 0.6 is 22.7 Å². The summed E-state index contributed by atoms with van der Waals surface area (Å²) >= 11 is 2.77. The molecule has 0 radical (unpaired) electrons. The van der Waals surface area contributed by atoms with E-state index in [1.807, 2.05) is 23.6 Å². The molecule has 8 heteroatoms. The van der Waals surface area contributed by atoms with Gasteiger partial charge in [-0.1, -0.05) is 23.5 Å². The van der Waals surface area contributed by atoms with Crippen LogP contribution in [0.3, 0.4) is 0 Å². The van der Waals surface area contributed by atoms with Crippen LogP contribution in [0.25, 0.3) is 10.2 Å². The molecule has 1 saturated heterocycles. The maximum absolute atomic E-state index is 14.0. The third-order valence-corrected chi connectivity index (χ3v) is 6.36. The van der Waals surface area contributed by atoms with E-state index in [1.165, 1.54) is 33.6 Å². The highest BCUT2D eigenvalue weighted by atomic mass is 32.1. The lowest BCUT2D eigenvalue weighted by atomic mass is 10.3. The number of rotatable bonds is 5. The minimum atomic E-state index is -0.354. The number of halogens is 1. The zero-order chi connectivity index (χ0) is 17.9. The number of aromatic nitrogens is 1. The van der Waals surface area contributed by atoms with Crippen molar-refractivity contribution in [3.63, 3.8) is 0 Å². The summed E-state index contributed by atoms with van der Waals surface area (Å²) in [5.74, 6) is -0.431. The third-order valence-electron chi connectivity index (χ3n) is 4.46. The number of carbonyl (C=O) groups excluding carboxylic acids is 1. The summed E-state index contributed by atoms with van der Waals surface area (Å²) in [5, 5.41) is 2.44. The Morgan fingerprint density at radius 2 is 2.12 bits per heavy atom. The summed E-state index contributed by atoms with van der Waals surface area (Å²) in [6.45, 7) is 4.75. The lowest BCUT2D eigenvalue weighted by Crippen LogP contribution is -3.14. The zero-order valence-corrected chi connectivity index (χ0v) is 15.7. The van der Waals surface area contributed by atoms with E-state index in [0.717, 1.165) is 37.5 Å². The highest BCUT2D eigenvalue weighted by molar-refractivity contribution is 7.22. The van der Waals surface area contributed by atoms with Crippen LogP contribution in [0.2, 0.25) is 0 Å². The molecule has 1 aliphatic rings. The number of thiazole rings is 1. The van der Waals surface area contributed by atoms with Gasteiger partial charge in [0, 0.05) is 0 Å². The molecule has 1 fully saturated rings. The van der Waals surface area contributed by atoms with Gasteiger partial charge in [0.15, 0.2) is 5.13 Å². The van der Waals surface area contributed by atoms with E-state index in [0.29, 0.717) is 22.1 Å². The summed E-state index contributed by atoms with van der Waals surface area (Å²) in [7, 11) is 0. The van der Waals surface area contributed by atoms with Crippen molar-refractivity contribution in [2.24, 2.45) is 0 Å². The third kappa shape index (κ3) is 3.64. The second-order valence-electron chi connectivity index (χ2n) is 6.13. The number of benzene rings is 1. The predicted molar refractivity (Wildman–Crippen MR) is 102 cm³/mol. The number of fused-ring (bicyclic) bond motifs is 1. The van der Waals surface area contributed by atoms with Crippen molar-refractivity contribution >= 4 is 43.9 Å². The zero-order valence-electron chi connectivity index (χ0n) is 14.1. The first-order valence-corrected chi connectivity index (χ1v) is 10.2. The van der Waals surface area contributed by atoms with Gasteiger partial charge in [-0.2, -0.15) is 0 Å². The number of nitrogens with one attached hydrogen (secondary N) is 1. The molecule has 0 bridgehead atoms. The van der Waals surface area contributed by atoms with Crippen molar-refractivity contribution in [2.75, 3.05) is 44.3 Å². The van der Waals surface area contributed by atoms with Crippen LogP contribution in [0.15, 0.2) is 35.7 Å². The van der Waals surface area contributed by atoms with Crippen LogP contribution in [-0.4, -0.2) is 50.3 Å². The Morgan fingerprint density at radius 3 is 2.85 bits per heavy atom. The van der Waals surface area contributed by atoms with Gasteiger partial charge in [-0.15, -0.1) is 11.3 Å². The van der Waals surface area contributed by atoms with Crippen LogP contribution < -0.4 is 9.80 Å². The summed E-state index contributed by atoms with van der Waals surface area (Å²) in [6, 6.07) is 8.58. The van der Waals surface area contributed by atoms with Gasteiger partial charge < -0.3 is 9.64 Å². The number of thiophene rings is 1. The molecule has 1 amide bonds. The van der Waals surface area contributed by atoms with Crippen molar-refractivity contribution in [1.29, 1.82) is 0 Å². The molecule has 0 unspecified atom stereocenters. The Labute approximate surface area is 158 Å². The Hall–Kier alpha value is -1.87. The molecule has 5 nitrogen and oxygen atoms in total. The SMILES string of the molecule is O=C(c1cccs1)N(CC[NH+]1CCOCC1)c1nc2c(F)cccc2s1. The molecule has 1 aromatic carbocycles.